The molecule has 0 unspecified atom stereocenters. The van der Waals surface area contributed by atoms with Crippen LogP contribution in [0.15, 0.2) is 12.2 Å². The predicted molar refractivity (Wildman–Crippen MR) is 96.7 cm³/mol. The van der Waals surface area contributed by atoms with Crippen LogP contribution in [0.1, 0.15) is 103 Å². The number of unbranched alkanes of at least 4 members (excludes halogenated alkanes) is 13. The molecule has 0 aromatic heterocycles. The van der Waals surface area contributed by atoms with E-state index in [9.17, 15) is 9.59 Å². The van der Waals surface area contributed by atoms with Gasteiger partial charge in [0, 0.05) is 12.5 Å². The number of carbonyl (C=O) groups excluding carboxylic acids is 1. The Balaban J connectivity index is 3.16. The quantitative estimate of drug-likeness (QED) is 0.261. The second-order valence-electron chi connectivity index (χ2n) is 6.48. The summed E-state index contributed by atoms with van der Waals surface area (Å²) in [6.45, 7) is 2.26. The van der Waals surface area contributed by atoms with Gasteiger partial charge in [-0.3, -0.25) is 4.79 Å². The monoisotopic (exact) mass is 324 g/mol. The Hall–Kier alpha value is -1.12. The lowest BCUT2D eigenvalue weighted by Crippen LogP contribution is -1.95. The van der Waals surface area contributed by atoms with E-state index in [4.69, 9.17) is 5.11 Å². The molecule has 1 N–H and O–H groups in total. The lowest BCUT2D eigenvalue weighted by molar-refractivity contribution is -0.131. The zero-order chi connectivity index (χ0) is 17.2. The minimum Gasteiger partial charge on any atom is -0.478 e. The van der Waals surface area contributed by atoms with Gasteiger partial charge in [0.2, 0.25) is 0 Å². The van der Waals surface area contributed by atoms with Gasteiger partial charge in [0.15, 0.2) is 5.78 Å². The molecule has 3 heteroatoms. The first-order valence-electron chi connectivity index (χ1n) is 9.60. The maximum absolute atomic E-state index is 11.3. The van der Waals surface area contributed by atoms with Gasteiger partial charge in [0.25, 0.3) is 0 Å². The van der Waals surface area contributed by atoms with Crippen LogP contribution < -0.4 is 0 Å². The average molecular weight is 325 g/mol. The van der Waals surface area contributed by atoms with Gasteiger partial charge < -0.3 is 5.11 Å². The number of carboxylic acid groups (broad SMARTS) is 1. The number of rotatable bonds is 17. The molecule has 3 nitrogen and oxygen atoms in total. The van der Waals surface area contributed by atoms with E-state index in [1.807, 2.05) is 0 Å². The third-order valence-corrected chi connectivity index (χ3v) is 4.19. The molecule has 0 aromatic carbocycles. The highest BCUT2D eigenvalue weighted by Crippen LogP contribution is 2.13. The third kappa shape index (κ3) is 18.8. The van der Waals surface area contributed by atoms with E-state index in [2.05, 4.69) is 6.92 Å². The third-order valence-electron chi connectivity index (χ3n) is 4.19. The first kappa shape index (κ1) is 21.9. The fourth-order valence-corrected chi connectivity index (χ4v) is 2.74. The molecule has 0 spiro atoms. The Labute approximate surface area is 142 Å². The molecular weight excluding hydrogens is 288 g/mol. The SMILES string of the molecule is CCCCCCCCCCCCCCCCC(=O)/C=C\C(=O)O. The maximum Gasteiger partial charge on any atom is 0.328 e. The Morgan fingerprint density at radius 1 is 0.652 bits per heavy atom. The molecule has 0 radical (unpaired) electrons. The Morgan fingerprint density at radius 3 is 1.43 bits per heavy atom. The summed E-state index contributed by atoms with van der Waals surface area (Å²) in [5, 5.41) is 8.42. The summed E-state index contributed by atoms with van der Waals surface area (Å²) < 4.78 is 0. The van der Waals surface area contributed by atoms with Crippen LogP contribution in [0.2, 0.25) is 0 Å². The summed E-state index contributed by atoms with van der Waals surface area (Å²) in [6, 6.07) is 0. The van der Waals surface area contributed by atoms with Crippen molar-refractivity contribution in [2.24, 2.45) is 0 Å². The van der Waals surface area contributed by atoms with Crippen LogP contribution in [0, 0.1) is 0 Å². The van der Waals surface area contributed by atoms with Crippen molar-refractivity contribution in [3.8, 4) is 0 Å². The van der Waals surface area contributed by atoms with Gasteiger partial charge in [0.05, 0.1) is 0 Å². The van der Waals surface area contributed by atoms with Gasteiger partial charge in [-0.25, -0.2) is 4.79 Å². The first-order chi connectivity index (χ1) is 11.2. The van der Waals surface area contributed by atoms with Crippen LogP contribution in [0.3, 0.4) is 0 Å². The summed E-state index contributed by atoms with van der Waals surface area (Å²) in [7, 11) is 0. The summed E-state index contributed by atoms with van der Waals surface area (Å²) in [5.74, 6) is -1.13. The maximum atomic E-state index is 11.3. The molecular formula is C20H36O3. The zero-order valence-corrected chi connectivity index (χ0v) is 15.0. The van der Waals surface area contributed by atoms with Crippen molar-refractivity contribution in [2.45, 2.75) is 103 Å². The molecule has 0 aliphatic rings. The predicted octanol–water partition coefficient (Wildman–Crippen LogP) is 6.07. The Kier molecular flexibility index (Phi) is 16.4. The highest BCUT2D eigenvalue weighted by Gasteiger charge is 1.98. The van der Waals surface area contributed by atoms with Crippen molar-refractivity contribution in [3.63, 3.8) is 0 Å². The molecule has 0 amide bonds. The lowest BCUT2D eigenvalue weighted by Gasteiger charge is -2.03. The average Bonchev–Trinajstić information content (AvgIpc) is 2.53. The number of carbonyl (C=O) groups is 2. The molecule has 0 aliphatic heterocycles. The standard InChI is InChI=1S/C20H36O3/c1-2-3-4-5-6-7-8-9-10-11-12-13-14-15-16-19(21)17-18-20(22)23/h17-18H,2-16H2,1H3,(H,22,23)/b18-17-. The fourth-order valence-electron chi connectivity index (χ4n) is 2.74. The van der Waals surface area contributed by atoms with Crippen LogP contribution in [-0.2, 0) is 9.59 Å². The molecule has 0 atom stereocenters. The molecule has 0 fully saturated rings. The Morgan fingerprint density at radius 2 is 1.04 bits per heavy atom. The van der Waals surface area contributed by atoms with Crippen LogP contribution in [-0.4, -0.2) is 16.9 Å². The van der Waals surface area contributed by atoms with Gasteiger partial charge >= 0.3 is 5.97 Å². The Bertz CT molecular complexity index is 321. The van der Waals surface area contributed by atoms with Crippen LogP contribution >= 0.6 is 0 Å². The molecule has 0 aliphatic carbocycles. The van der Waals surface area contributed by atoms with Crippen molar-refractivity contribution in [3.05, 3.63) is 12.2 Å². The molecule has 0 saturated carbocycles. The highest BCUT2D eigenvalue weighted by molar-refractivity contribution is 5.95. The van der Waals surface area contributed by atoms with E-state index in [0.717, 1.165) is 18.9 Å². The van der Waals surface area contributed by atoms with Crippen molar-refractivity contribution in [1.29, 1.82) is 0 Å². The van der Waals surface area contributed by atoms with Crippen molar-refractivity contribution in [2.75, 3.05) is 0 Å². The van der Waals surface area contributed by atoms with Gasteiger partial charge in [-0.1, -0.05) is 90.4 Å². The minimum atomic E-state index is -1.06. The summed E-state index contributed by atoms with van der Waals surface area (Å²) in [5.41, 5.74) is 0. The largest absolute Gasteiger partial charge is 0.478 e. The number of hydrogen-bond donors (Lipinski definition) is 1. The van der Waals surface area contributed by atoms with Crippen LogP contribution in [0.4, 0.5) is 0 Å². The summed E-state index contributed by atoms with van der Waals surface area (Å²) >= 11 is 0. The number of carboxylic acids is 1. The second kappa shape index (κ2) is 17.2. The number of ketones is 1. The van der Waals surface area contributed by atoms with E-state index < -0.39 is 5.97 Å². The van der Waals surface area contributed by atoms with Crippen molar-refractivity contribution in [1.82, 2.24) is 0 Å². The van der Waals surface area contributed by atoms with Crippen molar-refractivity contribution >= 4 is 11.8 Å². The lowest BCUT2D eigenvalue weighted by atomic mass is 10.0. The smallest absolute Gasteiger partial charge is 0.328 e. The van der Waals surface area contributed by atoms with E-state index in [0.29, 0.717) is 6.42 Å². The molecule has 134 valence electrons. The van der Waals surface area contributed by atoms with E-state index in [-0.39, 0.29) is 5.78 Å². The highest BCUT2D eigenvalue weighted by atomic mass is 16.4. The van der Waals surface area contributed by atoms with Gasteiger partial charge in [-0.05, 0) is 12.5 Å². The fraction of sp³-hybridized carbons (Fsp3) is 0.800. The number of hydrogen-bond acceptors (Lipinski definition) is 2. The van der Waals surface area contributed by atoms with Gasteiger partial charge in [-0.2, -0.15) is 0 Å². The van der Waals surface area contributed by atoms with E-state index in [1.54, 1.807) is 0 Å². The minimum absolute atomic E-state index is 0.0775. The molecule has 0 aromatic rings. The molecule has 0 rings (SSSR count). The van der Waals surface area contributed by atoms with Crippen molar-refractivity contribution < 1.29 is 14.7 Å². The normalized spacial score (nSPS) is 11.2. The molecule has 23 heavy (non-hydrogen) atoms. The zero-order valence-electron chi connectivity index (χ0n) is 15.0. The molecule has 0 bridgehead atoms. The number of aliphatic carboxylic acids is 1. The first-order valence-corrected chi connectivity index (χ1v) is 9.60. The molecule has 0 heterocycles. The van der Waals surface area contributed by atoms with Gasteiger partial charge in [-0.15, -0.1) is 0 Å². The number of allylic oxidation sites excluding steroid dienone is 1. The summed E-state index contributed by atoms with van der Waals surface area (Å²) in [6.07, 6.45) is 20.7. The van der Waals surface area contributed by atoms with Crippen LogP contribution in [0.25, 0.3) is 0 Å². The van der Waals surface area contributed by atoms with E-state index in [1.165, 1.54) is 83.1 Å². The molecule has 0 saturated heterocycles. The van der Waals surface area contributed by atoms with E-state index >= 15 is 0 Å². The summed E-state index contributed by atoms with van der Waals surface area (Å²) in [4.78, 5) is 21.6. The van der Waals surface area contributed by atoms with Crippen LogP contribution in [0.5, 0.6) is 0 Å². The topological polar surface area (TPSA) is 54.4 Å². The second-order valence-corrected chi connectivity index (χ2v) is 6.48. The van der Waals surface area contributed by atoms with Gasteiger partial charge in [0.1, 0.15) is 0 Å².